The van der Waals surface area contributed by atoms with E-state index >= 15 is 0 Å². The summed E-state index contributed by atoms with van der Waals surface area (Å²) in [5, 5.41) is 9.93. The van der Waals surface area contributed by atoms with Gasteiger partial charge >= 0.3 is 18.1 Å². The fourth-order valence-electron chi connectivity index (χ4n) is 2.03. The van der Waals surface area contributed by atoms with Crippen LogP contribution in [-0.2, 0) is 31.7 Å². The Morgan fingerprint density at radius 3 is 2.08 bits per heavy atom. The van der Waals surface area contributed by atoms with Crippen molar-refractivity contribution in [2.24, 2.45) is 0 Å². The molecule has 0 aliphatic carbocycles. The van der Waals surface area contributed by atoms with Gasteiger partial charge < -0.3 is 14.6 Å². The fraction of sp³-hybridized carbons (Fsp3) is 0.444. The second-order valence-electron chi connectivity index (χ2n) is 6.08. The topological polar surface area (TPSA) is 72.8 Å². The van der Waals surface area contributed by atoms with Gasteiger partial charge in [-0.25, -0.2) is 9.59 Å². The van der Waals surface area contributed by atoms with Gasteiger partial charge in [-0.3, -0.25) is 0 Å². The minimum atomic E-state index is -4.54. The van der Waals surface area contributed by atoms with E-state index in [-0.39, 0.29) is 5.56 Å². The van der Waals surface area contributed by atoms with Crippen LogP contribution < -0.4 is 0 Å². The van der Waals surface area contributed by atoms with Crippen LogP contribution in [-0.4, -0.2) is 22.8 Å². The average molecular weight is 374 g/mol. The molecular weight excluding hydrogens is 353 g/mol. The van der Waals surface area contributed by atoms with Crippen LogP contribution >= 0.6 is 0 Å². The van der Waals surface area contributed by atoms with Crippen molar-refractivity contribution in [3.63, 3.8) is 0 Å². The van der Waals surface area contributed by atoms with Crippen LogP contribution in [0.15, 0.2) is 35.6 Å². The van der Waals surface area contributed by atoms with E-state index in [1.165, 1.54) is 26.3 Å². The third-order valence-corrected chi connectivity index (χ3v) is 3.00. The third-order valence-electron chi connectivity index (χ3n) is 3.00. The van der Waals surface area contributed by atoms with Crippen molar-refractivity contribution in [2.75, 3.05) is 0 Å². The van der Waals surface area contributed by atoms with Gasteiger partial charge in [0.05, 0.1) is 5.56 Å². The maximum atomic E-state index is 12.6. The monoisotopic (exact) mass is 374 g/mol. The van der Waals surface area contributed by atoms with Gasteiger partial charge in [-0.2, -0.15) is 13.2 Å². The SMILES string of the molecule is CC1(C)OC(=O)C(=C(O)Cc2cccc(C(F)(F)F)c2)C(=O)O1.CCC. The predicted octanol–water partition coefficient (Wildman–Crippen LogP) is 4.31. The number of cyclic esters (lactones) is 2. The first-order valence-corrected chi connectivity index (χ1v) is 7.96. The number of halogens is 3. The standard InChI is InChI=1S/C15H13F3O5.C3H8/c1-14(2)22-12(20)11(13(21)23-14)10(19)7-8-4-3-5-9(6-8)15(16,17)18;1-3-2/h3-6,19H,7H2,1-2H3;3H2,1-2H3. The Morgan fingerprint density at radius 2 is 1.62 bits per heavy atom. The summed E-state index contributed by atoms with van der Waals surface area (Å²) in [4.78, 5) is 23.5. The molecule has 144 valence electrons. The van der Waals surface area contributed by atoms with Gasteiger partial charge in [0, 0.05) is 20.3 Å². The normalized spacial score (nSPS) is 16.2. The van der Waals surface area contributed by atoms with Crippen LogP contribution in [0.4, 0.5) is 13.2 Å². The van der Waals surface area contributed by atoms with Gasteiger partial charge in [0.1, 0.15) is 5.76 Å². The number of esters is 2. The Labute approximate surface area is 149 Å². The van der Waals surface area contributed by atoms with Gasteiger partial charge in [-0.15, -0.1) is 0 Å². The number of aliphatic hydroxyl groups is 1. The van der Waals surface area contributed by atoms with Crippen molar-refractivity contribution >= 4 is 11.9 Å². The van der Waals surface area contributed by atoms with Crippen LogP contribution in [0.5, 0.6) is 0 Å². The summed E-state index contributed by atoms with van der Waals surface area (Å²) in [7, 11) is 0. The molecule has 1 heterocycles. The first-order chi connectivity index (χ1) is 11.9. The number of carbonyl (C=O) groups is 2. The minimum Gasteiger partial charge on any atom is -0.511 e. The van der Waals surface area contributed by atoms with Gasteiger partial charge in [-0.1, -0.05) is 38.5 Å². The smallest absolute Gasteiger partial charge is 0.416 e. The summed E-state index contributed by atoms with van der Waals surface area (Å²) in [6.07, 6.45) is -3.73. The van der Waals surface area contributed by atoms with E-state index in [1.54, 1.807) is 0 Å². The predicted molar refractivity (Wildman–Crippen MR) is 87.0 cm³/mol. The molecule has 1 aromatic carbocycles. The molecule has 1 aromatic rings. The van der Waals surface area contributed by atoms with Crippen LogP contribution in [0.2, 0.25) is 0 Å². The highest BCUT2D eigenvalue weighted by Gasteiger charge is 2.41. The summed E-state index contributed by atoms with van der Waals surface area (Å²) >= 11 is 0. The quantitative estimate of drug-likeness (QED) is 0.361. The number of alkyl halides is 3. The number of carbonyl (C=O) groups excluding carboxylic acids is 2. The summed E-state index contributed by atoms with van der Waals surface area (Å²) in [5.41, 5.74) is -1.54. The summed E-state index contributed by atoms with van der Waals surface area (Å²) in [6, 6.07) is 4.19. The molecule has 2 rings (SSSR count). The van der Waals surface area contributed by atoms with Gasteiger partial charge in [-0.05, 0) is 11.6 Å². The number of aliphatic hydroxyl groups excluding tert-OH is 1. The lowest BCUT2D eigenvalue weighted by molar-refractivity contribution is -0.222. The van der Waals surface area contributed by atoms with Crippen LogP contribution in [0.1, 0.15) is 45.2 Å². The number of benzene rings is 1. The molecule has 0 atom stereocenters. The molecule has 0 spiro atoms. The summed E-state index contributed by atoms with van der Waals surface area (Å²) in [6.45, 7) is 6.92. The molecule has 0 unspecified atom stereocenters. The largest absolute Gasteiger partial charge is 0.511 e. The Balaban J connectivity index is 0.00000105. The van der Waals surface area contributed by atoms with Crippen LogP contribution in [0, 0.1) is 0 Å². The van der Waals surface area contributed by atoms with E-state index in [2.05, 4.69) is 13.8 Å². The highest BCUT2D eigenvalue weighted by atomic mass is 19.4. The van der Waals surface area contributed by atoms with Crippen molar-refractivity contribution in [1.82, 2.24) is 0 Å². The molecule has 5 nitrogen and oxygen atoms in total. The lowest BCUT2D eigenvalue weighted by Crippen LogP contribution is -2.42. The Kier molecular flexibility index (Phi) is 6.83. The third kappa shape index (κ3) is 5.79. The number of rotatable bonds is 2. The Morgan fingerprint density at radius 1 is 1.12 bits per heavy atom. The van der Waals surface area contributed by atoms with Gasteiger partial charge in [0.25, 0.3) is 5.79 Å². The molecule has 1 aliphatic rings. The van der Waals surface area contributed by atoms with E-state index in [9.17, 15) is 27.9 Å². The van der Waals surface area contributed by atoms with Crippen molar-refractivity contribution in [1.29, 1.82) is 0 Å². The number of hydrogen-bond acceptors (Lipinski definition) is 5. The lowest BCUT2D eigenvalue weighted by atomic mass is 10.0. The molecule has 0 amide bonds. The van der Waals surface area contributed by atoms with E-state index in [1.807, 2.05) is 0 Å². The zero-order valence-electron chi connectivity index (χ0n) is 14.9. The maximum absolute atomic E-state index is 12.6. The highest BCUT2D eigenvalue weighted by Crippen LogP contribution is 2.30. The van der Waals surface area contributed by atoms with Gasteiger partial charge in [0.2, 0.25) is 0 Å². The second kappa shape index (κ2) is 8.25. The number of ether oxygens (including phenoxy) is 2. The summed E-state index contributed by atoms with van der Waals surface area (Å²) < 4.78 is 47.6. The molecule has 1 N–H and O–H groups in total. The highest BCUT2D eigenvalue weighted by molar-refractivity contribution is 6.15. The first kappa shape index (κ1) is 21.5. The van der Waals surface area contributed by atoms with Gasteiger partial charge in [0.15, 0.2) is 5.57 Å². The van der Waals surface area contributed by atoms with Crippen molar-refractivity contribution in [3.05, 3.63) is 46.7 Å². The van der Waals surface area contributed by atoms with E-state index in [4.69, 9.17) is 9.47 Å². The summed E-state index contributed by atoms with van der Waals surface area (Å²) in [5.74, 6) is -4.35. The Hall–Kier alpha value is -2.51. The van der Waals surface area contributed by atoms with Crippen molar-refractivity contribution in [3.8, 4) is 0 Å². The molecule has 0 radical (unpaired) electrons. The molecule has 1 fully saturated rings. The van der Waals surface area contributed by atoms with E-state index in [0.717, 1.165) is 18.2 Å². The zero-order chi connectivity index (χ0) is 20.1. The number of allylic oxidation sites excluding steroid dienone is 1. The fourth-order valence-corrected chi connectivity index (χ4v) is 2.03. The van der Waals surface area contributed by atoms with E-state index < -0.39 is 47.2 Å². The molecule has 0 saturated carbocycles. The second-order valence-corrected chi connectivity index (χ2v) is 6.08. The molecule has 1 aliphatic heterocycles. The first-order valence-electron chi connectivity index (χ1n) is 7.96. The van der Waals surface area contributed by atoms with Crippen LogP contribution in [0.25, 0.3) is 0 Å². The van der Waals surface area contributed by atoms with Crippen molar-refractivity contribution < 1.29 is 37.3 Å². The number of hydrogen-bond donors (Lipinski definition) is 1. The molecule has 26 heavy (non-hydrogen) atoms. The Bertz CT molecular complexity index is 683. The maximum Gasteiger partial charge on any atom is 0.416 e. The molecule has 0 bridgehead atoms. The lowest BCUT2D eigenvalue weighted by Gasteiger charge is -2.30. The van der Waals surface area contributed by atoms with Crippen LogP contribution in [0.3, 0.4) is 0 Å². The van der Waals surface area contributed by atoms with Crippen molar-refractivity contribution in [2.45, 2.75) is 52.5 Å². The van der Waals surface area contributed by atoms with E-state index in [0.29, 0.717) is 0 Å². The molecule has 0 aromatic heterocycles. The molecular formula is C18H21F3O5. The average Bonchev–Trinajstić information content (AvgIpc) is 2.45. The zero-order valence-corrected chi connectivity index (χ0v) is 14.9. The minimum absolute atomic E-state index is 0.0789. The molecule has 8 heteroatoms. The molecule has 1 saturated heterocycles.